The minimum absolute atomic E-state index is 0.173. The van der Waals surface area contributed by atoms with Gasteiger partial charge >= 0.3 is 0 Å². The van der Waals surface area contributed by atoms with Crippen LogP contribution in [0.5, 0.6) is 0 Å². The molecule has 0 radical (unpaired) electrons. The Morgan fingerprint density at radius 1 is 0.971 bits per heavy atom. The predicted molar refractivity (Wildman–Crippen MR) is 129 cm³/mol. The molecule has 1 aliphatic heterocycles. The van der Waals surface area contributed by atoms with Crippen molar-refractivity contribution in [2.75, 3.05) is 11.9 Å². The Bertz CT molecular complexity index is 1440. The molecular formula is C26H22N6O3. The van der Waals surface area contributed by atoms with Crippen molar-refractivity contribution in [2.24, 2.45) is 0 Å². The molecule has 3 aromatic carbocycles. The van der Waals surface area contributed by atoms with E-state index >= 15 is 0 Å². The summed E-state index contributed by atoms with van der Waals surface area (Å²) in [7, 11) is 0. The summed E-state index contributed by atoms with van der Waals surface area (Å²) in [6.07, 6.45) is 2.67. The molecule has 1 aromatic heterocycles. The Hall–Kier alpha value is -4.40. The number of nitrogens with zero attached hydrogens (tertiary/aromatic N) is 5. The Morgan fingerprint density at radius 2 is 1.69 bits per heavy atom. The van der Waals surface area contributed by atoms with E-state index in [4.69, 9.17) is 0 Å². The van der Waals surface area contributed by atoms with Gasteiger partial charge in [0.25, 0.3) is 11.8 Å². The standard InChI is InChI=1S/C26H22N6O3/c33-22(27-18-8-1-7-17(15-18)24-28-29-30-32(24)19-12-13-19)11-4-14-31-25(34)20-9-2-5-16-6-3-10-21(23(16)20)26(31)35/h1-3,5-10,15,19H,4,11-14H2,(H,27,33). The minimum atomic E-state index is -0.319. The Kier molecular flexibility index (Phi) is 5.09. The molecule has 35 heavy (non-hydrogen) atoms. The number of benzene rings is 3. The highest BCUT2D eigenvalue weighted by atomic mass is 16.2. The van der Waals surface area contributed by atoms with Gasteiger partial charge in [-0.3, -0.25) is 19.3 Å². The smallest absolute Gasteiger partial charge is 0.261 e. The van der Waals surface area contributed by atoms with Crippen molar-refractivity contribution < 1.29 is 14.4 Å². The van der Waals surface area contributed by atoms with Crippen molar-refractivity contribution in [3.8, 4) is 11.4 Å². The van der Waals surface area contributed by atoms with Crippen molar-refractivity contribution in [3.63, 3.8) is 0 Å². The van der Waals surface area contributed by atoms with Gasteiger partial charge in [0.15, 0.2) is 5.82 Å². The SMILES string of the molecule is O=C(CCCN1C(=O)c2cccc3cccc(c23)C1=O)Nc1cccc(-c2nnnn2C2CC2)c1. The van der Waals surface area contributed by atoms with Crippen molar-refractivity contribution in [1.82, 2.24) is 25.1 Å². The van der Waals surface area contributed by atoms with Gasteiger partial charge in [-0.15, -0.1) is 5.10 Å². The van der Waals surface area contributed by atoms with Crippen molar-refractivity contribution in [2.45, 2.75) is 31.7 Å². The maximum Gasteiger partial charge on any atom is 0.261 e. The summed E-state index contributed by atoms with van der Waals surface area (Å²) in [5, 5.41) is 16.5. The number of hydrogen-bond donors (Lipinski definition) is 1. The van der Waals surface area contributed by atoms with E-state index in [-0.39, 0.29) is 30.7 Å². The van der Waals surface area contributed by atoms with Gasteiger partial charge in [0.2, 0.25) is 5.91 Å². The largest absolute Gasteiger partial charge is 0.326 e. The monoisotopic (exact) mass is 466 g/mol. The molecule has 1 saturated carbocycles. The molecule has 0 spiro atoms. The van der Waals surface area contributed by atoms with Gasteiger partial charge in [0.1, 0.15) is 0 Å². The van der Waals surface area contributed by atoms with E-state index < -0.39 is 0 Å². The number of hydrogen-bond acceptors (Lipinski definition) is 6. The zero-order chi connectivity index (χ0) is 23.9. The number of carbonyl (C=O) groups is 3. The Morgan fingerprint density at radius 3 is 2.40 bits per heavy atom. The molecule has 4 aromatic rings. The van der Waals surface area contributed by atoms with E-state index in [0.29, 0.717) is 40.5 Å². The second-order valence-corrected chi connectivity index (χ2v) is 8.88. The minimum Gasteiger partial charge on any atom is -0.326 e. The third-order valence-corrected chi connectivity index (χ3v) is 6.43. The van der Waals surface area contributed by atoms with Gasteiger partial charge in [-0.05, 0) is 59.3 Å². The van der Waals surface area contributed by atoms with Crippen LogP contribution in [0.1, 0.15) is 52.4 Å². The van der Waals surface area contributed by atoms with Crippen LogP contribution in [0, 0.1) is 0 Å². The number of carbonyl (C=O) groups excluding carboxylic acids is 3. The molecular weight excluding hydrogens is 444 g/mol. The number of aromatic nitrogens is 4. The summed E-state index contributed by atoms with van der Waals surface area (Å²) in [4.78, 5) is 39.8. The maximum absolute atomic E-state index is 13.0. The van der Waals surface area contributed by atoms with Crippen LogP contribution in [0.15, 0.2) is 60.7 Å². The maximum atomic E-state index is 13.0. The number of rotatable bonds is 7. The molecule has 2 aliphatic rings. The van der Waals surface area contributed by atoms with Gasteiger partial charge in [-0.1, -0.05) is 36.4 Å². The zero-order valence-electron chi connectivity index (χ0n) is 18.8. The van der Waals surface area contributed by atoms with E-state index in [1.807, 2.05) is 53.2 Å². The molecule has 174 valence electrons. The van der Waals surface area contributed by atoms with E-state index in [0.717, 1.165) is 23.8 Å². The first-order valence-electron chi connectivity index (χ1n) is 11.7. The third kappa shape index (κ3) is 3.84. The summed E-state index contributed by atoms with van der Waals surface area (Å²) < 4.78 is 1.83. The fourth-order valence-electron chi connectivity index (χ4n) is 4.59. The van der Waals surface area contributed by atoms with E-state index in [1.165, 1.54) is 4.90 Å². The summed E-state index contributed by atoms with van der Waals surface area (Å²) >= 11 is 0. The molecule has 0 atom stereocenters. The molecule has 0 bridgehead atoms. The first-order valence-corrected chi connectivity index (χ1v) is 11.7. The molecule has 1 N–H and O–H groups in total. The second kappa shape index (κ2) is 8.43. The Labute approximate surface area is 200 Å². The molecule has 0 unspecified atom stereocenters. The second-order valence-electron chi connectivity index (χ2n) is 8.88. The fourth-order valence-corrected chi connectivity index (χ4v) is 4.59. The lowest BCUT2D eigenvalue weighted by molar-refractivity contribution is -0.116. The van der Waals surface area contributed by atoms with Crippen LogP contribution in [-0.2, 0) is 4.79 Å². The van der Waals surface area contributed by atoms with Gasteiger partial charge in [0.05, 0.1) is 6.04 Å². The summed E-state index contributed by atoms with van der Waals surface area (Å²) in [5.74, 6) is -0.147. The molecule has 1 aliphatic carbocycles. The molecule has 9 nitrogen and oxygen atoms in total. The van der Waals surface area contributed by atoms with Gasteiger partial charge in [-0.2, -0.15) is 0 Å². The first kappa shape index (κ1) is 21.2. The quantitative estimate of drug-likeness (QED) is 0.415. The molecule has 6 rings (SSSR count). The predicted octanol–water partition coefficient (Wildman–Crippen LogP) is 3.84. The van der Waals surface area contributed by atoms with Crippen LogP contribution < -0.4 is 5.32 Å². The van der Waals surface area contributed by atoms with E-state index in [1.54, 1.807) is 12.1 Å². The van der Waals surface area contributed by atoms with Crippen molar-refractivity contribution >= 4 is 34.2 Å². The average molecular weight is 467 g/mol. The normalized spacial score (nSPS) is 15.0. The zero-order valence-corrected chi connectivity index (χ0v) is 18.8. The van der Waals surface area contributed by atoms with Crippen LogP contribution in [0.25, 0.3) is 22.2 Å². The van der Waals surface area contributed by atoms with Crippen molar-refractivity contribution in [1.29, 1.82) is 0 Å². The van der Waals surface area contributed by atoms with Crippen LogP contribution in [0.2, 0.25) is 0 Å². The lowest BCUT2D eigenvalue weighted by atomic mass is 9.94. The van der Waals surface area contributed by atoms with Gasteiger partial charge in [-0.25, -0.2) is 4.68 Å². The van der Waals surface area contributed by atoms with E-state index in [9.17, 15) is 14.4 Å². The molecule has 2 heterocycles. The number of nitrogens with one attached hydrogen (secondary N) is 1. The van der Waals surface area contributed by atoms with Crippen LogP contribution in [0.3, 0.4) is 0 Å². The number of tetrazole rings is 1. The first-order chi connectivity index (χ1) is 17.1. The van der Waals surface area contributed by atoms with E-state index in [2.05, 4.69) is 20.8 Å². The fraction of sp³-hybridized carbons (Fsp3) is 0.231. The summed E-state index contributed by atoms with van der Waals surface area (Å²) in [5.41, 5.74) is 2.51. The highest BCUT2D eigenvalue weighted by Crippen LogP contribution is 2.37. The highest BCUT2D eigenvalue weighted by molar-refractivity contribution is 6.25. The number of anilines is 1. The summed E-state index contributed by atoms with van der Waals surface area (Å²) in [6.45, 7) is 0.173. The van der Waals surface area contributed by atoms with Crippen LogP contribution in [-0.4, -0.2) is 49.4 Å². The number of amides is 3. The molecule has 0 saturated heterocycles. The molecule has 3 amide bonds. The summed E-state index contributed by atoms with van der Waals surface area (Å²) in [6, 6.07) is 18.7. The average Bonchev–Trinajstić information content (AvgIpc) is 3.60. The Balaban J connectivity index is 1.10. The lowest BCUT2D eigenvalue weighted by Gasteiger charge is -2.27. The molecule has 1 fully saturated rings. The third-order valence-electron chi connectivity index (χ3n) is 6.43. The number of imide groups is 1. The lowest BCUT2D eigenvalue weighted by Crippen LogP contribution is -2.41. The molecule has 9 heteroatoms. The highest BCUT2D eigenvalue weighted by Gasteiger charge is 2.32. The van der Waals surface area contributed by atoms with Crippen LogP contribution in [0.4, 0.5) is 5.69 Å². The topological polar surface area (TPSA) is 110 Å². The van der Waals surface area contributed by atoms with Gasteiger partial charge in [0, 0.05) is 40.7 Å². The van der Waals surface area contributed by atoms with Crippen molar-refractivity contribution in [3.05, 3.63) is 71.8 Å². The van der Waals surface area contributed by atoms with Crippen LogP contribution >= 0.6 is 0 Å². The van der Waals surface area contributed by atoms with Gasteiger partial charge < -0.3 is 5.32 Å².